The van der Waals surface area contributed by atoms with E-state index >= 15 is 0 Å². The number of aromatic nitrogens is 2. The largest absolute Gasteiger partial charge is 0.335 e. The molecule has 0 fully saturated rings. The Labute approximate surface area is 158 Å². The summed E-state index contributed by atoms with van der Waals surface area (Å²) in [5.74, 6) is -2.36. The summed E-state index contributed by atoms with van der Waals surface area (Å²) in [5, 5.41) is 0.315. The van der Waals surface area contributed by atoms with Crippen LogP contribution in [0.2, 0.25) is 0 Å². The van der Waals surface area contributed by atoms with E-state index in [9.17, 15) is 18.4 Å². The molecule has 1 amide bonds. The van der Waals surface area contributed by atoms with Crippen molar-refractivity contribution in [2.45, 2.75) is 13.0 Å². The van der Waals surface area contributed by atoms with E-state index in [-0.39, 0.29) is 16.7 Å². The van der Waals surface area contributed by atoms with Gasteiger partial charge < -0.3 is 14.3 Å². The standard InChI is InChI=1S/C21H17F2N3O2/c1-12(17-10-24-20(27)16-9-19(23)18(22)8-15(16)17)25(2)21(28)13-7-14-5-3-4-6-26(14)11-13/h3-12H,1-2H3,(H,24,27)/t12-/m0/s1. The lowest BCUT2D eigenvalue weighted by Crippen LogP contribution is -2.30. The Kier molecular flexibility index (Phi) is 4.22. The number of aromatic amines is 1. The third kappa shape index (κ3) is 2.85. The van der Waals surface area contributed by atoms with E-state index in [4.69, 9.17) is 0 Å². The van der Waals surface area contributed by atoms with Gasteiger partial charge in [0, 0.05) is 31.2 Å². The van der Waals surface area contributed by atoms with E-state index in [0.717, 1.165) is 17.6 Å². The average molecular weight is 381 g/mol. The fraction of sp³-hybridized carbons (Fsp3) is 0.143. The van der Waals surface area contributed by atoms with Crippen molar-refractivity contribution in [1.29, 1.82) is 0 Å². The lowest BCUT2D eigenvalue weighted by Gasteiger charge is -2.26. The van der Waals surface area contributed by atoms with Gasteiger partial charge in [-0.3, -0.25) is 9.59 Å². The van der Waals surface area contributed by atoms with Crippen LogP contribution in [-0.2, 0) is 0 Å². The highest BCUT2D eigenvalue weighted by Crippen LogP contribution is 2.28. The van der Waals surface area contributed by atoms with Crippen LogP contribution in [0.1, 0.15) is 28.9 Å². The molecule has 0 aliphatic rings. The number of halogens is 2. The van der Waals surface area contributed by atoms with Crippen LogP contribution in [0.4, 0.5) is 8.78 Å². The first-order valence-corrected chi connectivity index (χ1v) is 8.71. The van der Waals surface area contributed by atoms with E-state index in [2.05, 4.69) is 4.98 Å². The molecule has 1 aromatic carbocycles. The van der Waals surface area contributed by atoms with E-state index in [1.54, 1.807) is 26.2 Å². The molecule has 0 saturated heterocycles. The average Bonchev–Trinajstić information content (AvgIpc) is 3.12. The van der Waals surface area contributed by atoms with Gasteiger partial charge in [0.05, 0.1) is 17.0 Å². The molecule has 5 nitrogen and oxygen atoms in total. The molecule has 3 aromatic heterocycles. The van der Waals surface area contributed by atoms with Crippen LogP contribution in [0.3, 0.4) is 0 Å². The summed E-state index contributed by atoms with van der Waals surface area (Å²) in [7, 11) is 1.63. The number of pyridine rings is 2. The molecule has 0 saturated carbocycles. The summed E-state index contributed by atoms with van der Waals surface area (Å²) in [4.78, 5) is 29.0. The molecule has 4 aromatic rings. The normalized spacial score (nSPS) is 12.4. The molecule has 0 radical (unpaired) electrons. The maximum absolute atomic E-state index is 13.8. The lowest BCUT2D eigenvalue weighted by molar-refractivity contribution is 0.0743. The molecule has 0 aliphatic heterocycles. The number of nitrogens with one attached hydrogen (secondary N) is 1. The zero-order chi connectivity index (χ0) is 20.0. The highest BCUT2D eigenvalue weighted by molar-refractivity contribution is 5.96. The van der Waals surface area contributed by atoms with Gasteiger partial charge in [-0.1, -0.05) is 6.07 Å². The first-order chi connectivity index (χ1) is 13.4. The fourth-order valence-electron chi connectivity index (χ4n) is 3.38. The van der Waals surface area contributed by atoms with E-state index in [0.29, 0.717) is 11.1 Å². The number of benzene rings is 1. The number of nitrogens with zero attached hydrogens (tertiary/aromatic N) is 2. The maximum atomic E-state index is 13.8. The summed E-state index contributed by atoms with van der Waals surface area (Å²) in [6.45, 7) is 1.77. The van der Waals surface area contributed by atoms with Gasteiger partial charge in [0.25, 0.3) is 11.5 Å². The minimum atomic E-state index is -1.09. The van der Waals surface area contributed by atoms with Crippen molar-refractivity contribution >= 4 is 22.2 Å². The van der Waals surface area contributed by atoms with Crippen LogP contribution in [0.25, 0.3) is 16.3 Å². The number of hydrogen-bond acceptors (Lipinski definition) is 2. The van der Waals surface area contributed by atoms with Crippen LogP contribution in [0.5, 0.6) is 0 Å². The van der Waals surface area contributed by atoms with Crippen molar-refractivity contribution in [2.75, 3.05) is 7.05 Å². The highest BCUT2D eigenvalue weighted by atomic mass is 19.2. The van der Waals surface area contributed by atoms with Gasteiger partial charge in [0.2, 0.25) is 0 Å². The monoisotopic (exact) mass is 381 g/mol. The zero-order valence-corrected chi connectivity index (χ0v) is 15.2. The molecule has 28 heavy (non-hydrogen) atoms. The third-order valence-corrected chi connectivity index (χ3v) is 5.08. The quantitative estimate of drug-likeness (QED) is 0.585. The van der Waals surface area contributed by atoms with Crippen molar-refractivity contribution in [3.63, 3.8) is 0 Å². The predicted molar refractivity (Wildman–Crippen MR) is 102 cm³/mol. The SMILES string of the molecule is C[C@@H](c1c[nH]c(=O)c2cc(F)c(F)cc12)N(C)C(=O)c1cc2ccccn2c1. The summed E-state index contributed by atoms with van der Waals surface area (Å²) in [5.41, 5.74) is 1.40. The summed E-state index contributed by atoms with van der Waals surface area (Å²) in [6, 6.07) is 8.82. The van der Waals surface area contributed by atoms with Crippen molar-refractivity contribution in [1.82, 2.24) is 14.3 Å². The Morgan fingerprint density at radius 2 is 1.86 bits per heavy atom. The Morgan fingerprint density at radius 3 is 2.57 bits per heavy atom. The lowest BCUT2D eigenvalue weighted by atomic mass is 10.0. The van der Waals surface area contributed by atoms with Gasteiger partial charge in [-0.05, 0) is 48.2 Å². The Bertz CT molecular complexity index is 1240. The van der Waals surface area contributed by atoms with Gasteiger partial charge >= 0.3 is 0 Å². The minimum Gasteiger partial charge on any atom is -0.335 e. The van der Waals surface area contributed by atoms with E-state index in [1.165, 1.54) is 11.1 Å². The van der Waals surface area contributed by atoms with Gasteiger partial charge in [-0.2, -0.15) is 0 Å². The van der Waals surface area contributed by atoms with Crippen molar-refractivity contribution < 1.29 is 13.6 Å². The number of fused-ring (bicyclic) bond motifs is 2. The fourth-order valence-corrected chi connectivity index (χ4v) is 3.38. The Balaban J connectivity index is 1.75. The highest BCUT2D eigenvalue weighted by Gasteiger charge is 2.23. The molecular weight excluding hydrogens is 364 g/mol. The molecule has 0 unspecified atom stereocenters. The number of H-pyrrole nitrogens is 1. The van der Waals surface area contributed by atoms with Crippen LogP contribution < -0.4 is 5.56 Å². The Morgan fingerprint density at radius 1 is 1.14 bits per heavy atom. The first-order valence-electron chi connectivity index (χ1n) is 8.71. The Hall–Kier alpha value is -3.48. The summed E-state index contributed by atoms with van der Waals surface area (Å²) >= 11 is 0. The molecule has 0 bridgehead atoms. The number of hydrogen-bond donors (Lipinski definition) is 1. The molecule has 1 N–H and O–H groups in total. The zero-order valence-electron chi connectivity index (χ0n) is 15.2. The maximum Gasteiger partial charge on any atom is 0.255 e. The molecule has 142 valence electrons. The van der Waals surface area contributed by atoms with Gasteiger partial charge in [-0.25, -0.2) is 8.78 Å². The molecule has 0 aliphatic carbocycles. The van der Waals surface area contributed by atoms with Gasteiger partial charge in [-0.15, -0.1) is 0 Å². The van der Waals surface area contributed by atoms with Crippen LogP contribution in [-0.4, -0.2) is 27.2 Å². The van der Waals surface area contributed by atoms with Crippen molar-refractivity contribution in [3.05, 3.63) is 88.1 Å². The molecule has 7 heteroatoms. The van der Waals surface area contributed by atoms with E-state index < -0.39 is 23.2 Å². The van der Waals surface area contributed by atoms with Crippen LogP contribution >= 0.6 is 0 Å². The second-order valence-electron chi connectivity index (χ2n) is 6.74. The number of carbonyl (C=O) groups excluding carboxylic acids is 1. The second kappa shape index (κ2) is 6.60. The summed E-state index contributed by atoms with van der Waals surface area (Å²) in [6.07, 6.45) is 5.02. The predicted octanol–water partition coefficient (Wildman–Crippen LogP) is 3.89. The third-order valence-electron chi connectivity index (χ3n) is 5.08. The number of carbonyl (C=O) groups is 1. The van der Waals surface area contributed by atoms with Crippen molar-refractivity contribution in [3.8, 4) is 0 Å². The molecule has 4 rings (SSSR count). The van der Waals surface area contributed by atoms with Crippen LogP contribution in [0.15, 0.2) is 59.8 Å². The molecule has 1 atom stereocenters. The van der Waals surface area contributed by atoms with Gasteiger partial charge in [0.15, 0.2) is 11.6 Å². The minimum absolute atomic E-state index is 0.0405. The molecule has 3 heterocycles. The van der Waals surface area contributed by atoms with Crippen molar-refractivity contribution in [2.24, 2.45) is 0 Å². The second-order valence-corrected chi connectivity index (χ2v) is 6.74. The summed E-state index contributed by atoms with van der Waals surface area (Å²) < 4.78 is 29.2. The topological polar surface area (TPSA) is 57.6 Å². The molecule has 0 spiro atoms. The van der Waals surface area contributed by atoms with Gasteiger partial charge in [0.1, 0.15) is 0 Å². The van der Waals surface area contributed by atoms with E-state index in [1.807, 2.05) is 28.8 Å². The first kappa shape index (κ1) is 17.9. The molecular formula is C21H17F2N3O2. The number of amides is 1. The number of rotatable bonds is 3. The smallest absolute Gasteiger partial charge is 0.255 e. The van der Waals surface area contributed by atoms with Crippen LogP contribution in [0, 0.1) is 11.6 Å².